The molecule has 2 aliphatic rings. The van der Waals surface area contributed by atoms with Crippen molar-refractivity contribution in [3.05, 3.63) is 12.2 Å². The van der Waals surface area contributed by atoms with Crippen molar-refractivity contribution in [2.75, 3.05) is 0 Å². The van der Waals surface area contributed by atoms with Gasteiger partial charge in [0.2, 0.25) is 5.91 Å². The van der Waals surface area contributed by atoms with E-state index in [2.05, 4.69) is 0 Å². The molecule has 0 aromatic carbocycles. The van der Waals surface area contributed by atoms with Gasteiger partial charge in [0.25, 0.3) is 0 Å². The lowest BCUT2D eigenvalue weighted by Gasteiger charge is -2.40. The third-order valence-electron chi connectivity index (χ3n) is 3.43. The number of hydrogen-bond acceptors (Lipinski definition) is 2. The summed E-state index contributed by atoms with van der Waals surface area (Å²) >= 11 is 0. The highest BCUT2D eigenvalue weighted by atomic mass is 16.2. The molecule has 2 aliphatic heterocycles. The molecule has 76 valence electrons. The third-order valence-corrected chi connectivity index (χ3v) is 3.43. The Hall–Kier alpha value is -1.12. The van der Waals surface area contributed by atoms with Gasteiger partial charge in [-0.15, -0.1) is 0 Å². The minimum Gasteiger partial charge on any atom is -0.329 e. The molecular formula is C11H15NO2. The molecule has 1 fully saturated rings. The van der Waals surface area contributed by atoms with Crippen molar-refractivity contribution in [3.63, 3.8) is 0 Å². The summed E-state index contributed by atoms with van der Waals surface area (Å²) in [7, 11) is 0. The Morgan fingerprint density at radius 2 is 1.64 bits per heavy atom. The standard InChI is InChI=1S/C11H15NO2/c1-6-9-4-5-10(7(2)11(6)14)12(9)8(3)13/h4-7,9-10H,1-3H3. The molecule has 0 spiro atoms. The highest BCUT2D eigenvalue weighted by molar-refractivity contribution is 5.89. The molecule has 2 heterocycles. The Labute approximate surface area is 83.8 Å². The molecule has 2 rings (SSSR count). The molecule has 0 aromatic rings. The van der Waals surface area contributed by atoms with Crippen LogP contribution in [0.2, 0.25) is 0 Å². The fraction of sp³-hybridized carbons (Fsp3) is 0.636. The van der Waals surface area contributed by atoms with E-state index in [0.717, 1.165) is 0 Å². The van der Waals surface area contributed by atoms with Crippen LogP contribution in [0.15, 0.2) is 12.2 Å². The molecule has 0 saturated carbocycles. The topological polar surface area (TPSA) is 37.4 Å². The smallest absolute Gasteiger partial charge is 0.220 e. The van der Waals surface area contributed by atoms with Gasteiger partial charge in [0.1, 0.15) is 5.78 Å². The second-order valence-electron chi connectivity index (χ2n) is 4.27. The van der Waals surface area contributed by atoms with Crippen LogP contribution in [0.25, 0.3) is 0 Å². The zero-order valence-corrected chi connectivity index (χ0v) is 8.73. The Balaban J connectivity index is 2.37. The summed E-state index contributed by atoms with van der Waals surface area (Å²) < 4.78 is 0. The number of piperidine rings is 1. The van der Waals surface area contributed by atoms with E-state index in [9.17, 15) is 9.59 Å². The second kappa shape index (κ2) is 2.94. The first-order valence-corrected chi connectivity index (χ1v) is 5.05. The average Bonchev–Trinajstić information content (AvgIpc) is 2.53. The maximum Gasteiger partial charge on any atom is 0.220 e. The summed E-state index contributed by atoms with van der Waals surface area (Å²) in [5.74, 6) is 0.242. The van der Waals surface area contributed by atoms with Crippen LogP contribution in [-0.4, -0.2) is 28.7 Å². The molecule has 0 aliphatic carbocycles. The van der Waals surface area contributed by atoms with E-state index in [-0.39, 0.29) is 35.6 Å². The molecule has 1 saturated heterocycles. The van der Waals surface area contributed by atoms with E-state index in [4.69, 9.17) is 0 Å². The average molecular weight is 193 g/mol. The molecule has 0 N–H and O–H groups in total. The number of carbonyl (C=O) groups is 2. The van der Waals surface area contributed by atoms with E-state index in [0.29, 0.717) is 0 Å². The number of carbonyl (C=O) groups excluding carboxylic acids is 2. The lowest BCUT2D eigenvalue weighted by molar-refractivity contribution is -0.143. The van der Waals surface area contributed by atoms with Crippen molar-refractivity contribution in [2.45, 2.75) is 32.9 Å². The molecule has 2 bridgehead atoms. The molecule has 3 heteroatoms. The Morgan fingerprint density at radius 3 is 2.00 bits per heavy atom. The van der Waals surface area contributed by atoms with Crippen LogP contribution >= 0.6 is 0 Å². The summed E-state index contributed by atoms with van der Waals surface area (Å²) in [5.41, 5.74) is 0. The highest BCUT2D eigenvalue weighted by Crippen LogP contribution is 2.35. The SMILES string of the molecule is CC(=O)N1C2C=CC1C(C)C(=O)C2C. The predicted molar refractivity (Wildman–Crippen MR) is 52.6 cm³/mol. The van der Waals surface area contributed by atoms with E-state index >= 15 is 0 Å². The third kappa shape index (κ3) is 1.04. The van der Waals surface area contributed by atoms with Gasteiger partial charge in [0.05, 0.1) is 12.1 Å². The van der Waals surface area contributed by atoms with Gasteiger partial charge in [-0.25, -0.2) is 0 Å². The van der Waals surface area contributed by atoms with Crippen molar-refractivity contribution in [1.29, 1.82) is 0 Å². The maximum atomic E-state index is 11.8. The minimum atomic E-state index is -0.0519. The van der Waals surface area contributed by atoms with Gasteiger partial charge in [-0.2, -0.15) is 0 Å². The zero-order valence-electron chi connectivity index (χ0n) is 8.73. The molecule has 14 heavy (non-hydrogen) atoms. The summed E-state index contributed by atoms with van der Waals surface area (Å²) in [5, 5.41) is 0. The molecule has 4 atom stereocenters. The van der Waals surface area contributed by atoms with E-state index in [1.54, 1.807) is 6.92 Å². The van der Waals surface area contributed by atoms with E-state index in [1.807, 2.05) is 30.9 Å². The largest absolute Gasteiger partial charge is 0.329 e. The Morgan fingerprint density at radius 1 is 1.21 bits per heavy atom. The summed E-state index contributed by atoms with van der Waals surface area (Å²) in [6, 6.07) is 0.00222. The van der Waals surface area contributed by atoms with Crippen LogP contribution < -0.4 is 0 Å². The number of nitrogens with zero attached hydrogens (tertiary/aromatic N) is 1. The summed E-state index contributed by atoms with van der Waals surface area (Å²) in [6.45, 7) is 5.39. The molecule has 0 radical (unpaired) electrons. The molecule has 3 nitrogen and oxygen atoms in total. The fourth-order valence-electron chi connectivity index (χ4n) is 2.60. The first-order valence-electron chi connectivity index (χ1n) is 5.05. The van der Waals surface area contributed by atoms with E-state index < -0.39 is 0 Å². The van der Waals surface area contributed by atoms with Gasteiger partial charge in [-0.3, -0.25) is 9.59 Å². The van der Waals surface area contributed by atoms with Gasteiger partial charge in [0, 0.05) is 18.8 Å². The first-order chi connectivity index (χ1) is 6.54. The zero-order chi connectivity index (χ0) is 10.5. The second-order valence-corrected chi connectivity index (χ2v) is 4.27. The van der Waals surface area contributed by atoms with Crippen LogP contribution in [0.4, 0.5) is 0 Å². The summed E-state index contributed by atoms with van der Waals surface area (Å²) in [6.07, 6.45) is 4.00. The van der Waals surface area contributed by atoms with Gasteiger partial charge in [-0.1, -0.05) is 26.0 Å². The van der Waals surface area contributed by atoms with Crippen molar-refractivity contribution in [1.82, 2.24) is 4.90 Å². The minimum absolute atomic E-state index is 0.00111. The Kier molecular flexibility index (Phi) is 1.98. The number of Topliss-reactive ketones (excluding diaryl/α,β-unsaturated/α-hetero) is 1. The van der Waals surface area contributed by atoms with Crippen molar-refractivity contribution >= 4 is 11.7 Å². The fourth-order valence-corrected chi connectivity index (χ4v) is 2.60. The molecule has 4 unspecified atom stereocenters. The normalized spacial score (nSPS) is 40.5. The quantitative estimate of drug-likeness (QED) is 0.538. The number of ketones is 1. The molecular weight excluding hydrogens is 178 g/mol. The van der Waals surface area contributed by atoms with Crippen molar-refractivity contribution in [3.8, 4) is 0 Å². The first kappa shape index (κ1) is 9.44. The Bertz CT molecular complexity index is 299. The highest BCUT2D eigenvalue weighted by Gasteiger charge is 2.46. The number of amides is 1. The van der Waals surface area contributed by atoms with E-state index in [1.165, 1.54) is 0 Å². The number of fused-ring (bicyclic) bond motifs is 2. The number of hydrogen-bond donors (Lipinski definition) is 0. The predicted octanol–water partition coefficient (Wildman–Crippen LogP) is 0.997. The van der Waals surface area contributed by atoms with Crippen LogP contribution in [-0.2, 0) is 9.59 Å². The lowest BCUT2D eigenvalue weighted by atomic mass is 9.83. The van der Waals surface area contributed by atoms with Gasteiger partial charge < -0.3 is 4.90 Å². The van der Waals surface area contributed by atoms with Crippen LogP contribution in [0.5, 0.6) is 0 Å². The van der Waals surface area contributed by atoms with Crippen molar-refractivity contribution in [2.24, 2.45) is 11.8 Å². The molecule has 1 amide bonds. The van der Waals surface area contributed by atoms with Crippen LogP contribution in [0, 0.1) is 11.8 Å². The van der Waals surface area contributed by atoms with Gasteiger partial charge in [0.15, 0.2) is 0 Å². The summed E-state index contributed by atoms with van der Waals surface area (Å²) in [4.78, 5) is 25.0. The van der Waals surface area contributed by atoms with Crippen molar-refractivity contribution < 1.29 is 9.59 Å². The maximum absolute atomic E-state index is 11.8. The van der Waals surface area contributed by atoms with Gasteiger partial charge in [-0.05, 0) is 0 Å². The van der Waals surface area contributed by atoms with Crippen LogP contribution in [0.3, 0.4) is 0 Å². The van der Waals surface area contributed by atoms with Crippen LogP contribution in [0.1, 0.15) is 20.8 Å². The van der Waals surface area contributed by atoms with Gasteiger partial charge >= 0.3 is 0 Å². The lowest BCUT2D eigenvalue weighted by Crippen LogP contribution is -2.55. The molecule has 0 aromatic heterocycles. The monoisotopic (exact) mass is 193 g/mol. The number of rotatable bonds is 0.